The van der Waals surface area contributed by atoms with Gasteiger partial charge in [0.1, 0.15) is 5.58 Å². The molecule has 1 aromatic heterocycles. The molecule has 4 aliphatic carbocycles. The lowest BCUT2D eigenvalue weighted by Crippen LogP contribution is -2.61. The topological polar surface area (TPSA) is 19.6 Å². The lowest BCUT2D eigenvalue weighted by molar-refractivity contribution is 0.332. The van der Waals surface area contributed by atoms with Crippen molar-refractivity contribution in [1.82, 2.24) is 0 Å². The first-order chi connectivity index (χ1) is 36.8. The number of nitrogens with zero attached hydrogens (tertiary/aromatic N) is 2. The van der Waals surface area contributed by atoms with Crippen molar-refractivity contribution in [3.8, 4) is 0 Å². The maximum atomic E-state index is 7.80. The number of aryl methyl sites for hydroxylation is 1. The van der Waals surface area contributed by atoms with Gasteiger partial charge in [-0.25, -0.2) is 0 Å². The molecule has 0 radical (unpaired) electrons. The summed E-state index contributed by atoms with van der Waals surface area (Å²) in [5, 5.41) is 6.60. The van der Waals surface area contributed by atoms with E-state index in [9.17, 15) is 0 Å². The highest BCUT2D eigenvalue weighted by Gasteiger charge is 2.50. The van der Waals surface area contributed by atoms with E-state index in [2.05, 4.69) is 245 Å². The summed E-state index contributed by atoms with van der Waals surface area (Å²) in [6.45, 7) is 34.1. The quantitative estimate of drug-likeness (QED) is 0.0999. The molecule has 6 aliphatic rings. The Morgan fingerprint density at radius 3 is 2.04 bits per heavy atom. The summed E-state index contributed by atoms with van der Waals surface area (Å²) in [5.41, 5.74) is 26.5. The number of anilines is 6. The molecule has 7 aromatic carbocycles. The molecule has 2 atom stereocenters. The van der Waals surface area contributed by atoms with Gasteiger partial charge in [-0.05, 0) is 235 Å². The molecule has 5 heteroatoms. The SMILES string of the molecule is Cc1cc2c3c(c1)N(c1ccc4c(c1)C(C)(C)CCC4(C)I)c1c(oc4cc5c(cc14)C(C)(C)CCC5C)B3c1cc3c(cc1N2c1ccc(C(C)(C)C)cc1C1=c2ccc4ccccc4c2=CCC1)C(C)(C)CCC3(C)C. The molecular weight excluding hydrogens is 1060 g/mol. The second kappa shape index (κ2) is 16.8. The third-order valence-corrected chi connectivity index (χ3v) is 21.8. The van der Waals surface area contributed by atoms with E-state index in [4.69, 9.17) is 4.42 Å². The normalized spacial score (nSPS) is 22.0. The van der Waals surface area contributed by atoms with Gasteiger partial charge in [-0.1, -0.05) is 166 Å². The molecule has 14 rings (SSSR count). The fraction of sp³-hybridized carbons (Fsp3) is 0.397. The van der Waals surface area contributed by atoms with Crippen molar-refractivity contribution in [3.63, 3.8) is 0 Å². The monoisotopic (exact) mass is 1140 g/mol. The van der Waals surface area contributed by atoms with E-state index < -0.39 is 0 Å². The number of furan rings is 1. The van der Waals surface area contributed by atoms with Gasteiger partial charge in [0.05, 0.1) is 17.0 Å². The Bertz CT molecular complexity index is 4060. The maximum absolute atomic E-state index is 7.80. The van der Waals surface area contributed by atoms with Crippen LogP contribution in [0.1, 0.15) is 197 Å². The fourth-order valence-electron chi connectivity index (χ4n) is 15.6. The predicted molar refractivity (Wildman–Crippen MR) is 343 cm³/mol. The van der Waals surface area contributed by atoms with Crippen LogP contribution in [0.15, 0.2) is 114 Å². The molecule has 3 nitrogen and oxygen atoms in total. The van der Waals surface area contributed by atoms with Crippen molar-refractivity contribution in [3.05, 3.63) is 170 Å². The van der Waals surface area contributed by atoms with Gasteiger partial charge in [-0.2, -0.15) is 0 Å². The zero-order valence-corrected chi connectivity index (χ0v) is 51.1. The molecule has 2 aliphatic heterocycles. The summed E-state index contributed by atoms with van der Waals surface area (Å²) in [6.07, 6.45) is 11.5. The minimum Gasteiger partial charge on any atom is -0.468 e. The highest BCUT2D eigenvalue weighted by Crippen LogP contribution is 2.56. The van der Waals surface area contributed by atoms with Crippen molar-refractivity contribution in [2.75, 3.05) is 9.80 Å². The Morgan fingerprint density at radius 1 is 0.615 bits per heavy atom. The lowest BCUT2D eigenvalue weighted by atomic mass is 9.35. The predicted octanol–water partition coefficient (Wildman–Crippen LogP) is 17.3. The smallest absolute Gasteiger partial charge is 0.297 e. The van der Waals surface area contributed by atoms with E-state index in [1.165, 1.54) is 147 Å². The number of benzene rings is 7. The molecule has 2 unspecified atom stereocenters. The molecule has 0 N–H and O–H groups in total. The van der Waals surface area contributed by atoms with E-state index >= 15 is 0 Å². The number of rotatable bonds is 3. The Hall–Kier alpha value is -5.53. The molecule has 0 saturated heterocycles. The van der Waals surface area contributed by atoms with Crippen LogP contribution in [0.5, 0.6) is 0 Å². The number of halogens is 1. The zero-order chi connectivity index (χ0) is 54.5. The van der Waals surface area contributed by atoms with Gasteiger partial charge in [0.25, 0.3) is 6.71 Å². The first kappa shape index (κ1) is 50.7. The van der Waals surface area contributed by atoms with Crippen LogP contribution in [-0.4, -0.2) is 6.71 Å². The highest BCUT2D eigenvalue weighted by molar-refractivity contribution is 14.1. The summed E-state index contributed by atoms with van der Waals surface area (Å²) in [5.74, 6) is 0.470. The van der Waals surface area contributed by atoms with Gasteiger partial charge in [-0.3, -0.25) is 0 Å². The van der Waals surface area contributed by atoms with Gasteiger partial charge in [0, 0.05) is 37.1 Å². The Kier molecular flexibility index (Phi) is 10.9. The number of fused-ring (bicyclic) bond motifs is 12. The molecular formula is C73H78BIN2O. The molecule has 0 amide bonds. The molecule has 3 heterocycles. The van der Waals surface area contributed by atoms with Crippen molar-refractivity contribution in [2.24, 2.45) is 0 Å². The van der Waals surface area contributed by atoms with Crippen LogP contribution in [0.3, 0.4) is 0 Å². The summed E-state index contributed by atoms with van der Waals surface area (Å²) < 4.78 is 7.87. The summed E-state index contributed by atoms with van der Waals surface area (Å²) in [6, 6.07) is 44.3. The van der Waals surface area contributed by atoms with E-state index in [0.29, 0.717) is 5.92 Å². The van der Waals surface area contributed by atoms with E-state index in [1.807, 2.05) is 0 Å². The third-order valence-electron chi connectivity index (χ3n) is 20.7. The summed E-state index contributed by atoms with van der Waals surface area (Å²) in [4.78, 5) is 5.42. The van der Waals surface area contributed by atoms with Crippen LogP contribution in [0, 0.1) is 6.92 Å². The number of hydrogen-bond acceptors (Lipinski definition) is 3. The van der Waals surface area contributed by atoms with Gasteiger partial charge in [0.15, 0.2) is 0 Å². The molecule has 0 spiro atoms. The van der Waals surface area contributed by atoms with E-state index in [0.717, 1.165) is 43.3 Å². The van der Waals surface area contributed by atoms with Crippen molar-refractivity contribution >= 4 is 113 Å². The minimum atomic E-state index is -0.137. The first-order valence-corrected chi connectivity index (χ1v) is 30.7. The first-order valence-electron chi connectivity index (χ1n) is 29.6. The molecule has 0 bridgehead atoms. The molecule has 78 heavy (non-hydrogen) atoms. The number of alkyl halides is 1. The molecule has 8 aromatic rings. The summed E-state index contributed by atoms with van der Waals surface area (Å²) in [7, 11) is 0. The van der Waals surface area contributed by atoms with E-state index in [-0.39, 0.29) is 37.2 Å². The Morgan fingerprint density at radius 2 is 1.29 bits per heavy atom. The van der Waals surface area contributed by atoms with Crippen molar-refractivity contribution in [1.29, 1.82) is 0 Å². The second-order valence-corrected chi connectivity index (χ2v) is 31.3. The highest BCUT2D eigenvalue weighted by atomic mass is 127. The van der Waals surface area contributed by atoms with Gasteiger partial charge in [0.2, 0.25) is 0 Å². The van der Waals surface area contributed by atoms with Crippen LogP contribution >= 0.6 is 22.6 Å². The van der Waals surface area contributed by atoms with Crippen molar-refractivity contribution in [2.45, 2.75) is 185 Å². The van der Waals surface area contributed by atoms with Crippen LogP contribution < -0.4 is 36.8 Å². The molecule has 396 valence electrons. The standard InChI is InChI=1S/C73H78BIN2O/c1-42-34-62-65-63(35-42)77(60-27-23-45(68(3,4)5)36-52(60)49-21-17-20-48-47-19-16-15-18-44(47)22-25-50(48)49)61-41-58-57(70(8,9)30-31-71(58,10)11)40-59(61)74(65)67-66(53-38-55-51(39-64(53)78-67)43(2)28-29-69(55,6)7)76(62)46-24-26-54-56(37-46)72(12,13)32-33-73(54,14)75/h15-16,18-20,22-27,34-41,43H,17,21,28-33H2,1-14H3. The second-order valence-electron chi connectivity index (χ2n) is 28.9. The van der Waals surface area contributed by atoms with Crippen LogP contribution in [0.25, 0.3) is 33.4 Å². The molecule has 0 fully saturated rings. The average molecular weight is 1140 g/mol. The molecule has 0 saturated carbocycles. The summed E-state index contributed by atoms with van der Waals surface area (Å²) >= 11 is 2.74. The van der Waals surface area contributed by atoms with Gasteiger partial charge in [-0.15, -0.1) is 0 Å². The Labute approximate surface area is 478 Å². The number of hydrogen-bond donors (Lipinski definition) is 0. The van der Waals surface area contributed by atoms with Crippen LogP contribution in [-0.2, 0) is 30.5 Å². The lowest BCUT2D eigenvalue weighted by Gasteiger charge is -2.47. The largest absolute Gasteiger partial charge is 0.468 e. The van der Waals surface area contributed by atoms with Gasteiger partial charge < -0.3 is 14.2 Å². The van der Waals surface area contributed by atoms with E-state index in [1.54, 1.807) is 0 Å². The Balaban J connectivity index is 1.13. The third kappa shape index (κ3) is 7.39. The average Bonchev–Trinajstić information content (AvgIpc) is 3.24. The maximum Gasteiger partial charge on any atom is 0.297 e. The van der Waals surface area contributed by atoms with Crippen LogP contribution in [0.2, 0.25) is 0 Å². The van der Waals surface area contributed by atoms with Crippen LogP contribution in [0.4, 0.5) is 34.1 Å². The fourth-order valence-corrected chi connectivity index (χ4v) is 16.4. The van der Waals surface area contributed by atoms with Gasteiger partial charge >= 0.3 is 0 Å². The minimum absolute atomic E-state index is 0.00117. The van der Waals surface area contributed by atoms with Crippen molar-refractivity contribution < 1.29 is 4.42 Å². The zero-order valence-electron chi connectivity index (χ0n) is 49.0.